The molecule has 1 aromatic carbocycles. The Hall–Kier alpha value is -2.68. The van der Waals surface area contributed by atoms with Crippen LogP contribution in [0.15, 0.2) is 53.5 Å². The molecule has 3 aliphatic rings. The van der Waals surface area contributed by atoms with Crippen LogP contribution >= 0.6 is 0 Å². The van der Waals surface area contributed by atoms with Crippen molar-refractivity contribution < 1.29 is 13.9 Å². The van der Waals surface area contributed by atoms with Crippen molar-refractivity contribution in [2.75, 3.05) is 7.11 Å². The van der Waals surface area contributed by atoms with Gasteiger partial charge in [0.2, 0.25) is 0 Å². The van der Waals surface area contributed by atoms with Crippen LogP contribution in [0.4, 0.5) is 0 Å². The molecule has 2 aromatic rings. The van der Waals surface area contributed by atoms with Crippen LogP contribution in [0.3, 0.4) is 0 Å². The van der Waals surface area contributed by atoms with Crippen molar-refractivity contribution in [3.63, 3.8) is 0 Å². The highest BCUT2D eigenvalue weighted by Crippen LogP contribution is 2.56. The van der Waals surface area contributed by atoms with Crippen LogP contribution in [0.2, 0.25) is 0 Å². The van der Waals surface area contributed by atoms with E-state index in [-0.39, 0.29) is 6.10 Å². The summed E-state index contributed by atoms with van der Waals surface area (Å²) in [6.45, 7) is 20.6. The molecular formula is C43H62O3. The molecule has 0 radical (unpaired) electrons. The van der Waals surface area contributed by atoms with E-state index < -0.39 is 0 Å². The Labute approximate surface area is 280 Å². The van der Waals surface area contributed by atoms with Gasteiger partial charge >= 0.3 is 0 Å². The lowest BCUT2D eigenvalue weighted by molar-refractivity contribution is -0.00761. The molecular weight excluding hydrogens is 564 g/mol. The lowest BCUT2D eigenvalue weighted by atomic mass is 9.55. The summed E-state index contributed by atoms with van der Waals surface area (Å²) < 4.78 is 18.6. The summed E-state index contributed by atoms with van der Waals surface area (Å²) in [6.07, 6.45) is 22.6. The van der Waals surface area contributed by atoms with Gasteiger partial charge in [0.1, 0.15) is 17.6 Å². The maximum Gasteiger partial charge on any atom is 0.161 e. The van der Waals surface area contributed by atoms with Gasteiger partial charge in [-0.05, 0) is 160 Å². The minimum atomic E-state index is 0.269. The van der Waals surface area contributed by atoms with Crippen molar-refractivity contribution in [1.29, 1.82) is 0 Å². The smallest absolute Gasteiger partial charge is 0.161 e. The Bertz CT molecular complexity index is 1380. The largest absolute Gasteiger partial charge is 0.493 e. The normalized spacial score (nSPS) is 23.8. The Morgan fingerprint density at radius 3 is 2.33 bits per heavy atom. The molecule has 2 unspecified atom stereocenters. The summed E-state index contributed by atoms with van der Waals surface area (Å²) in [4.78, 5) is 0. The van der Waals surface area contributed by atoms with Gasteiger partial charge in [-0.25, -0.2) is 0 Å². The topological polar surface area (TPSA) is 31.6 Å². The first-order valence-corrected chi connectivity index (χ1v) is 18.4. The zero-order valence-electron chi connectivity index (χ0n) is 30.3. The molecule has 1 heterocycles. The van der Waals surface area contributed by atoms with Crippen molar-refractivity contribution in [3.8, 4) is 11.5 Å². The first-order chi connectivity index (χ1) is 21.9. The van der Waals surface area contributed by atoms with Crippen LogP contribution in [0, 0.1) is 48.3 Å². The first-order valence-electron chi connectivity index (χ1n) is 18.4. The molecule has 1 aromatic heterocycles. The molecule has 1 spiro atoms. The van der Waals surface area contributed by atoms with Crippen LogP contribution in [-0.2, 0) is 0 Å². The third kappa shape index (κ3) is 8.06. The van der Waals surface area contributed by atoms with Gasteiger partial charge in [0.25, 0.3) is 0 Å². The van der Waals surface area contributed by atoms with Gasteiger partial charge in [0.15, 0.2) is 11.5 Å². The standard InChI is InChI=1S/C43H62O3/c1-10-16-42(19-15-30(4)20-29(2)3)25-35(26-42)21-31(5)37(22-33(7)39-14-13-34(8)45-39)38-24-40(44-9)41(23-32(38)6)46-36-27-43(28-36)17-11-12-18-43/h11-14,22-24,29-31,35-36H,7,10,15-21,25-28H2,1-6,8-9H3/b37-22-. The summed E-state index contributed by atoms with van der Waals surface area (Å²) in [7, 11) is 1.77. The van der Waals surface area contributed by atoms with E-state index in [0.717, 1.165) is 59.2 Å². The maximum absolute atomic E-state index is 6.58. The average Bonchev–Trinajstić information content (AvgIpc) is 3.63. The quantitative estimate of drug-likeness (QED) is 0.137. The van der Waals surface area contributed by atoms with Crippen molar-refractivity contribution in [3.05, 3.63) is 71.7 Å². The van der Waals surface area contributed by atoms with E-state index in [4.69, 9.17) is 13.9 Å². The average molecular weight is 627 g/mol. The minimum absolute atomic E-state index is 0.269. The van der Waals surface area contributed by atoms with E-state index in [1.807, 2.05) is 19.1 Å². The molecule has 46 heavy (non-hydrogen) atoms. The van der Waals surface area contributed by atoms with Crippen LogP contribution < -0.4 is 9.47 Å². The van der Waals surface area contributed by atoms with E-state index in [0.29, 0.717) is 16.7 Å². The van der Waals surface area contributed by atoms with Gasteiger partial charge in [-0.15, -0.1) is 0 Å². The molecule has 3 heteroatoms. The second-order valence-electron chi connectivity index (χ2n) is 16.3. The van der Waals surface area contributed by atoms with E-state index in [2.05, 4.69) is 78.5 Å². The molecule has 5 rings (SSSR count). The molecule has 0 amide bonds. The van der Waals surface area contributed by atoms with E-state index in [9.17, 15) is 0 Å². The highest BCUT2D eigenvalue weighted by Gasteiger charge is 2.46. The highest BCUT2D eigenvalue weighted by molar-refractivity contribution is 5.83. The van der Waals surface area contributed by atoms with Gasteiger partial charge in [-0.2, -0.15) is 0 Å². The predicted octanol–water partition coefficient (Wildman–Crippen LogP) is 12.6. The van der Waals surface area contributed by atoms with Crippen LogP contribution in [0.25, 0.3) is 11.1 Å². The highest BCUT2D eigenvalue weighted by atomic mass is 16.5. The van der Waals surface area contributed by atoms with Crippen molar-refractivity contribution in [2.24, 2.45) is 34.5 Å². The molecule has 0 aliphatic heterocycles. The Morgan fingerprint density at radius 2 is 1.72 bits per heavy atom. The SMILES string of the molecule is C=C(/C=C(\c1cc(OC)c(OC2CC3(CC=CC3)C2)cc1C)C(C)CC1CC(CCC)(CCC(C)CC(C)C)C1)c1ccc(C)o1. The summed E-state index contributed by atoms with van der Waals surface area (Å²) in [5, 5.41) is 0. The first kappa shape index (κ1) is 34.6. The Balaban J connectivity index is 1.33. The molecule has 252 valence electrons. The molecule has 0 bridgehead atoms. The lowest BCUT2D eigenvalue weighted by Crippen LogP contribution is -2.42. The number of hydrogen-bond donors (Lipinski definition) is 0. The zero-order chi connectivity index (χ0) is 33.1. The van der Waals surface area contributed by atoms with Gasteiger partial charge < -0.3 is 13.9 Å². The number of benzene rings is 1. The number of methoxy groups -OCH3 is 1. The number of furan rings is 1. The number of aryl methyl sites for hydroxylation is 2. The lowest BCUT2D eigenvalue weighted by Gasteiger charge is -2.50. The summed E-state index contributed by atoms with van der Waals surface area (Å²) in [5.41, 5.74) is 5.70. The fourth-order valence-electron chi connectivity index (χ4n) is 9.33. The Kier molecular flexibility index (Phi) is 11.0. The van der Waals surface area contributed by atoms with Gasteiger partial charge in [0.05, 0.1) is 7.11 Å². The molecule has 2 saturated carbocycles. The van der Waals surface area contributed by atoms with E-state index in [1.165, 1.54) is 80.9 Å². The molecule has 0 N–H and O–H groups in total. The number of ether oxygens (including phenoxy) is 2. The maximum atomic E-state index is 6.58. The van der Waals surface area contributed by atoms with Gasteiger partial charge in [0, 0.05) is 5.57 Å². The molecule has 2 atom stereocenters. The third-order valence-corrected chi connectivity index (χ3v) is 11.6. The number of allylic oxidation sites excluding steroid dienone is 5. The summed E-state index contributed by atoms with van der Waals surface area (Å²) >= 11 is 0. The molecule has 3 aliphatic carbocycles. The monoisotopic (exact) mass is 626 g/mol. The van der Waals surface area contributed by atoms with E-state index in [1.54, 1.807) is 7.11 Å². The zero-order valence-corrected chi connectivity index (χ0v) is 30.3. The minimum Gasteiger partial charge on any atom is -0.493 e. The van der Waals surface area contributed by atoms with Crippen LogP contribution in [-0.4, -0.2) is 13.2 Å². The van der Waals surface area contributed by atoms with E-state index >= 15 is 0 Å². The molecule has 0 saturated heterocycles. The van der Waals surface area contributed by atoms with Crippen molar-refractivity contribution >= 4 is 11.1 Å². The second kappa shape index (κ2) is 14.6. The van der Waals surface area contributed by atoms with Crippen molar-refractivity contribution in [1.82, 2.24) is 0 Å². The summed E-state index contributed by atoms with van der Waals surface area (Å²) in [5.74, 6) is 6.22. The summed E-state index contributed by atoms with van der Waals surface area (Å²) in [6, 6.07) is 8.49. The van der Waals surface area contributed by atoms with Crippen molar-refractivity contribution in [2.45, 2.75) is 132 Å². The Morgan fingerprint density at radius 1 is 1.00 bits per heavy atom. The molecule has 3 nitrogen and oxygen atoms in total. The predicted molar refractivity (Wildman–Crippen MR) is 194 cm³/mol. The number of hydrogen-bond acceptors (Lipinski definition) is 3. The fourth-order valence-corrected chi connectivity index (χ4v) is 9.33. The van der Waals surface area contributed by atoms with Gasteiger partial charge in [-0.3, -0.25) is 0 Å². The van der Waals surface area contributed by atoms with Gasteiger partial charge in [-0.1, -0.05) is 66.2 Å². The molecule has 2 fully saturated rings. The van der Waals surface area contributed by atoms with Crippen LogP contribution in [0.1, 0.15) is 134 Å². The number of rotatable bonds is 16. The second-order valence-corrected chi connectivity index (χ2v) is 16.3. The third-order valence-electron chi connectivity index (χ3n) is 11.6. The van der Waals surface area contributed by atoms with Crippen LogP contribution in [0.5, 0.6) is 11.5 Å². The fraction of sp³-hybridized carbons (Fsp3) is 0.628.